The van der Waals surface area contributed by atoms with Gasteiger partial charge in [0.05, 0.1) is 10.7 Å². The molecule has 0 amide bonds. The van der Waals surface area contributed by atoms with E-state index < -0.39 is 11.9 Å². The van der Waals surface area contributed by atoms with Gasteiger partial charge in [-0.25, -0.2) is 9.67 Å². The molecule has 0 fully saturated rings. The molecule has 0 spiro atoms. The van der Waals surface area contributed by atoms with Crippen LogP contribution >= 0.6 is 23.4 Å². The van der Waals surface area contributed by atoms with E-state index in [1.165, 1.54) is 17.8 Å². The first kappa shape index (κ1) is 17.2. The number of nitrogens with zero attached hydrogens (tertiary/aromatic N) is 4. The number of benzene rings is 1. The van der Waals surface area contributed by atoms with Crippen molar-refractivity contribution in [1.82, 2.24) is 15.1 Å². The average molecular weight is 360 g/mol. The fourth-order valence-electron chi connectivity index (χ4n) is 1.70. The maximum absolute atomic E-state index is 12.7. The van der Waals surface area contributed by atoms with Crippen molar-refractivity contribution in [2.75, 3.05) is 6.26 Å². The van der Waals surface area contributed by atoms with E-state index in [2.05, 4.69) is 15.4 Å². The van der Waals surface area contributed by atoms with Crippen LogP contribution in [0.2, 0.25) is 5.02 Å². The molecular weight excluding hydrogens is 351 g/mol. The van der Waals surface area contributed by atoms with E-state index >= 15 is 0 Å². The number of hydrogen-bond donors (Lipinski definition) is 1. The third-order valence-corrected chi connectivity index (χ3v) is 3.54. The largest absolute Gasteiger partial charge is 0.435 e. The molecule has 120 valence electrons. The Morgan fingerprint density at radius 3 is 2.74 bits per heavy atom. The third kappa shape index (κ3) is 3.97. The zero-order chi connectivity index (χ0) is 17.0. The van der Waals surface area contributed by atoms with Gasteiger partial charge < -0.3 is 0 Å². The van der Waals surface area contributed by atoms with Gasteiger partial charge in [-0.05, 0) is 24.5 Å². The monoisotopic (exact) mass is 359 g/mol. The van der Waals surface area contributed by atoms with Gasteiger partial charge in [0.25, 0.3) is 0 Å². The third-order valence-electron chi connectivity index (χ3n) is 2.65. The second kappa shape index (κ2) is 6.93. The Kier molecular flexibility index (Phi) is 5.18. The van der Waals surface area contributed by atoms with Crippen molar-refractivity contribution in [3.05, 3.63) is 41.2 Å². The number of alkyl halides is 3. The van der Waals surface area contributed by atoms with Gasteiger partial charge in [0.2, 0.25) is 0 Å². The van der Waals surface area contributed by atoms with Crippen LogP contribution in [-0.2, 0) is 6.18 Å². The molecule has 1 aromatic carbocycles. The van der Waals surface area contributed by atoms with Gasteiger partial charge in [0.1, 0.15) is 5.69 Å². The molecule has 0 atom stereocenters. The van der Waals surface area contributed by atoms with Crippen LogP contribution in [0.25, 0.3) is 5.69 Å². The molecule has 0 saturated carbocycles. The molecule has 0 radical (unpaired) electrons. The summed E-state index contributed by atoms with van der Waals surface area (Å²) in [7, 11) is 0. The summed E-state index contributed by atoms with van der Waals surface area (Å²) in [5, 5.41) is 15.0. The second-order valence-corrected chi connectivity index (χ2v) is 5.31. The Morgan fingerprint density at radius 1 is 1.43 bits per heavy atom. The Balaban J connectivity index is 2.55. The summed E-state index contributed by atoms with van der Waals surface area (Å²) >= 11 is 7.26. The molecule has 2 rings (SSSR count). The van der Waals surface area contributed by atoms with Crippen LogP contribution in [0.4, 0.5) is 18.9 Å². The molecule has 0 unspecified atom stereocenters. The first-order valence-electron chi connectivity index (χ1n) is 6.06. The lowest BCUT2D eigenvalue weighted by Crippen LogP contribution is -2.13. The van der Waals surface area contributed by atoms with E-state index in [-0.39, 0.29) is 21.6 Å². The summed E-state index contributed by atoms with van der Waals surface area (Å²) < 4.78 is 39.1. The molecule has 1 heterocycles. The molecule has 23 heavy (non-hydrogen) atoms. The van der Waals surface area contributed by atoms with E-state index in [1.54, 1.807) is 24.6 Å². The molecule has 2 aromatic rings. The molecule has 5 nitrogen and oxygen atoms in total. The van der Waals surface area contributed by atoms with Crippen molar-refractivity contribution < 1.29 is 13.2 Å². The van der Waals surface area contributed by atoms with Crippen LogP contribution in [0.1, 0.15) is 5.69 Å². The van der Waals surface area contributed by atoms with Crippen molar-refractivity contribution in [3.8, 4) is 11.9 Å². The van der Waals surface area contributed by atoms with Crippen molar-refractivity contribution in [1.29, 1.82) is 5.26 Å². The number of aliphatic imine (C=N–C) groups is 1. The molecule has 0 aliphatic heterocycles. The highest BCUT2D eigenvalue weighted by molar-refractivity contribution is 8.13. The summed E-state index contributed by atoms with van der Waals surface area (Å²) in [6.07, 6.45) is 0.0280. The second-order valence-electron chi connectivity index (χ2n) is 4.11. The smallest absolute Gasteiger partial charge is 0.271 e. The summed E-state index contributed by atoms with van der Waals surface area (Å²) in [6, 6.07) is 5.52. The fourth-order valence-corrected chi connectivity index (χ4v) is 2.30. The summed E-state index contributed by atoms with van der Waals surface area (Å²) in [5.74, 6) is 0. The lowest BCUT2D eigenvalue weighted by atomic mass is 10.2. The molecule has 1 N–H and O–H groups in total. The molecule has 0 aliphatic carbocycles. The number of nitriles is 1. The normalized spacial score (nSPS) is 12.1. The van der Waals surface area contributed by atoms with E-state index in [0.717, 1.165) is 16.9 Å². The topological polar surface area (TPSA) is 66.0 Å². The highest BCUT2D eigenvalue weighted by Crippen LogP contribution is 2.33. The number of amidine groups is 1. The van der Waals surface area contributed by atoms with Crippen molar-refractivity contribution in [2.24, 2.45) is 4.99 Å². The van der Waals surface area contributed by atoms with Gasteiger partial charge in [-0.2, -0.15) is 23.5 Å². The maximum Gasteiger partial charge on any atom is 0.435 e. The molecule has 0 bridgehead atoms. The zero-order valence-corrected chi connectivity index (χ0v) is 13.2. The number of thioether (sulfide) groups is 1. The van der Waals surface area contributed by atoms with Gasteiger partial charge in [0.15, 0.2) is 17.1 Å². The zero-order valence-electron chi connectivity index (χ0n) is 11.6. The number of aromatic nitrogens is 2. The van der Waals surface area contributed by atoms with Crippen LogP contribution in [0, 0.1) is 11.5 Å². The molecule has 1 aromatic heterocycles. The summed E-state index contributed by atoms with van der Waals surface area (Å²) in [4.78, 5) is 4.19. The predicted octanol–water partition coefficient (Wildman–Crippen LogP) is 3.97. The quantitative estimate of drug-likeness (QED) is 0.381. The van der Waals surface area contributed by atoms with Gasteiger partial charge in [-0.3, -0.25) is 5.32 Å². The molecular formula is C13H9ClF3N5S. The fraction of sp³-hybridized carbons (Fsp3) is 0.154. The van der Waals surface area contributed by atoms with E-state index in [9.17, 15) is 13.2 Å². The maximum atomic E-state index is 12.7. The SMILES string of the molecule is CSC(=Nc1cccc(Cl)c1-n1ccc(C(F)(F)F)n1)NC#N. The standard InChI is InChI=1S/C13H9ClF3N5S/c1-23-12(19-7-18)20-9-4-2-3-8(14)11(9)22-6-5-10(21-22)13(15,16)17/h2-6H,1H3,(H,19,20). The molecule has 10 heteroatoms. The highest BCUT2D eigenvalue weighted by Gasteiger charge is 2.34. The lowest BCUT2D eigenvalue weighted by Gasteiger charge is -2.09. The van der Waals surface area contributed by atoms with Crippen LogP contribution in [0.5, 0.6) is 0 Å². The number of para-hydroxylation sites is 1. The first-order chi connectivity index (χ1) is 10.9. The average Bonchev–Trinajstić information content (AvgIpc) is 2.96. The minimum Gasteiger partial charge on any atom is -0.271 e. The van der Waals surface area contributed by atoms with E-state index in [4.69, 9.17) is 16.9 Å². The van der Waals surface area contributed by atoms with Crippen molar-refractivity contribution in [2.45, 2.75) is 6.18 Å². The lowest BCUT2D eigenvalue weighted by molar-refractivity contribution is -0.141. The molecule has 0 aliphatic rings. The van der Waals surface area contributed by atoms with E-state index in [0.29, 0.717) is 0 Å². The van der Waals surface area contributed by atoms with Gasteiger partial charge in [-0.15, -0.1) is 0 Å². The number of nitrogens with one attached hydrogen (secondary N) is 1. The van der Waals surface area contributed by atoms with Gasteiger partial charge >= 0.3 is 6.18 Å². The Hall–Kier alpha value is -2.18. The summed E-state index contributed by atoms with van der Waals surface area (Å²) in [6.45, 7) is 0. The van der Waals surface area contributed by atoms with Crippen molar-refractivity contribution >= 4 is 34.2 Å². The summed E-state index contributed by atoms with van der Waals surface area (Å²) in [5.41, 5.74) is -0.565. The van der Waals surface area contributed by atoms with Crippen LogP contribution in [0.3, 0.4) is 0 Å². The van der Waals surface area contributed by atoms with Crippen LogP contribution in [0.15, 0.2) is 35.5 Å². The van der Waals surface area contributed by atoms with Gasteiger partial charge in [-0.1, -0.05) is 29.4 Å². The van der Waals surface area contributed by atoms with Gasteiger partial charge in [0, 0.05) is 6.20 Å². The van der Waals surface area contributed by atoms with E-state index in [1.807, 2.05) is 0 Å². The highest BCUT2D eigenvalue weighted by atomic mass is 35.5. The van der Waals surface area contributed by atoms with Crippen LogP contribution in [-0.4, -0.2) is 21.2 Å². The minimum atomic E-state index is -4.55. The number of rotatable bonds is 2. The Bertz CT molecular complexity index is 779. The predicted molar refractivity (Wildman–Crippen MR) is 82.9 cm³/mol. The Labute approximate surface area is 138 Å². The molecule has 0 saturated heterocycles. The number of halogens is 4. The van der Waals surface area contributed by atoms with Crippen LogP contribution < -0.4 is 5.32 Å². The van der Waals surface area contributed by atoms with Crippen molar-refractivity contribution in [3.63, 3.8) is 0 Å². The Morgan fingerprint density at radius 2 is 2.17 bits per heavy atom. The minimum absolute atomic E-state index is 0.181. The number of hydrogen-bond acceptors (Lipinski definition) is 4. The first-order valence-corrected chi connectivity index (χ1v) is 7.66.